The first kappa shape index (κ1) is 24.8. The smallest absolute Gasteiger partial charge is 0.238 e. The van der Waals surface area contributed by atoms with E-state index in [2.05, 4.69) is 0 Å². The Kier molecular flexibility index (Phi) is 6.14. The van der Waals surface area contributed by atoms with Crippen molar-refractivity contribution in [2.75, 3.05) is 10.7 Å². The molecule has 190 valence electrons. The second-order valence-corrected chi connectivity index (χ2v) is 12.3. The number of primary sulfonamides is 1. The molecule has 37 heavy (non-hydrogen) atoms. The van der Waals surface area contributed by atoms with Crippen molar-refractivity contribution in [1.29, 1.82) is 0 Å². The number of anilines is 1. The molecule has 0 bridgehead atoms. The maximum Gasteiger partial charge on any atom is 0.238 e. The van der Waals surface area contributed by atoms with Gasteiger partial charge in [-0.1, -0.05) is 43.3 Å². The summed E-state index contributed by atoms with van der Waals surface area (Å²) in [5, 5.41) is 5.97. The van der Waals surface area contributed by atoms with Crippen molar-refractivity contribution < 1.29 is 21.3 Å². The first-order valence-corrected chi connectivity index (χ1v) is 14.5. The third kappa shape index (κ3) is 4.64. The number of sulfonamides is 1. The third-order valence-electron chi connectivity index (χ3n) is 6.22. The summed E-state index contributed by atoms with van der Waals surface area (Å²) in [6.45, 7) is 1.61. The fourth-order valence-electron chi connectivity index (χ4n) is 4.22. The molecule has 5 rings (SSSR count). The molecule has 0 fully saturated rings. The lowest BCUT2D eigenvalue weighted by Gasteiger charge is -2.33. The molecule has 0 saturated heterocycles. The third-order valence-corrected chi connectivity index (χ3v) is 8.88. The fourth-order valence-corrected chi connectivity index (χ4v) is 5.67. The molecular weight excluding hydrogens is 512 g/mol. The second kappa shape index (κ2) is 9.18. The minimum atomic E-state index is -3.92. The Balaban J connectivity index is 1.55. The van der Waals surface area contributed by atoms with Gasteiger partial charge in [-0.3, -0.25) is 0 Å². The average molecular weight is 537 g/mol. The minimum Gasteiger partial charge on any atom is -0.446 e. The minimum absolute atomic E-state index is 0.0344. The summed E-state index contributed by atoms with van der Waals surface area (Å²) in [5.41, 5.74) is 9.93. The summed E-state index contributed by atoms with van der Waals surface area (Å²) >= 11 is 0. The molecule has 2 heterocycles. The number of rotatable bonds is 6. The highest BCUT2D eigenvalue weighted by molar-refractivity contribution is 7.91. The van der Waals surface area contributed by atoms with E-state index in [-0.39, 0.29) is 15.5 Å². The summed E-state index contributed by atoms with van der Waals surface area (Å²) in [4.78, 5) is 6.74. The number of hydrogen-bond acceptors (Lipinski definition) is 8. The highest BCUT2D eigenvalue weighted by Crippen LogP contribution is 2.34. The molecule has 4 N–H and O–H groups in total. The molecule has 0 amide bonds. The van der Waals surface area contributed by atoms with Crippen LogP contribution in [0.3, 0.4) is 0 Å². The van der Waals surface area contributed by atoms with E-state index >= 15 is 0 Å². The first-order valence-electron chi connectivity index (χ1n) is 11.3. The molecule has 1 aliphatic rings. The van der Waals surface area contributed by atoms with E-state index < -0.39 is 26.0 Å². The van der Waals surface area contributed by atoms with Gasteiger partial charge in [0, 0.05) is 5.69 Å². The van der Waals surface area contributed by atoms with Crippen LogP contribution in [0.5, 0.6) is 0 Å². The fraction of sp³-hybridized carbons (Fsp3) is 0.115. The Morgan fingerprint density at radius 2 is 1.54 bits per heavy atom. The van der Waals surface area contributed by atoms with Gasteiger partial charge < -0.3 is 15.1 Å². The van der Waals surface area contributed by atoms with Gasteiger partial charge in [0.2, 0.25) is 15.6 Å². The topological polar surface area (TPSA) is 149 Å². The van der Waals surface area contributed by atoms with Crippen molar-refractivity contribution in [3.05, 3.63) is 101 Å². The van der Waals surface area contributed by atoms with E-state index in [9.17, 15) is 16.8 Å². The first-order chi connectivity index (χ1) is 17.6. The molecule has 4 aromatic rings. The van der Waals surface area contributed by atoms with Crippen molar-refractivity contribution in [2.45, 2.75) is 22.9 Å². The van der Waals surface area contributed by atoms with E-state index in [1.54, 1.807) is 54.3 Å². The van der Waals surface area contributed by atoms with Crippen molar-refractivity contribution in [1.82, 2.24) is 0 Å². The van der Waals surface area contributed by atoms with Crippen LogP contribution in [0.1, 0.15) is 18.7 Å². The SMILES string of the molecule is CCS(=O)(=O)c1ccc(-c2ccc(N3C(N)=c4ccoc4=NC3c3cccc(S(N)(=O)=O)c3)cc2)cc1. The average Bonchev–Trinajstić information content (AvgIpc) is 3.38. The number of furan rings is 1. The Morgan fingerprint density at radius 1 is 0.892 bits per heavy atom. The molecule has 0 aliphatic carbocycles. The predicted octanol–water partition coefficient (Wildman–Crippen LogP) is 2.25. The summed E-state index contributed by atoms with van der Waals surface area (Å²) in [5.74, 6) is 0.436. The lowest BCUT2D eigenvalue weighted by molar-refractivity contribution is 0.483. The van der Waals surface area contributed by atoms with Gasteiger partial charge in [-0.2, -0.15) is 0 Å². The molecule has 1 atom stereocenters. The molecular formula is C26H24N4O5S2. The normalized spacial score (nSPS) is 15.8. The highest BCUT2D eigenvalue weighted by atomic mass is 32.2. The van der Waals surface area contributed by atoms with Gasteiger partial charge in [0.05, 0.1) is 27.0 Å². The molecule has 9 nitrogen and oxygen atoms in total. The van der Waals surface area contributed by atoms with Gasteiger partial charge in [0.1, 0.15) is 5.82 Å². The van der Waals surface area contributed by atoms with Crippen molar-refractivity contribution in [3.63, 3.8) is 0 Å². The molecule has 1 unspecified atom stereocenters. The second-order valence-electron chi connectivity index (χ2n) is 8.49. The summed E-state index contributed by atoms with van der Waals surface area (Å²) in [6, 6.07) is 22.2. The van der Waals surface area contributed by atoms with Gasteiger partial charge in [-0.25, -0.2) is 27.0 Å². The van der Waals surface area contributed by atoms with E-state index in [1.165, 1.54) is 18.4 Å². The monoisotopic (exact) mass is 536 g/mol. The summed E-state index contributed by atoms with van der Waals surface area (Å²) in [7, 11) is -7.20. The molecule has 0 saturated carbocycles. The molecule has 0 spiro atoms. The van der Waals surface area contributed by atoms with Gasteiger partial charge >= 0.3 is 0 Å². The quantitative estimate of drug-likeness (QED) is 0.384. The zero-order valence-electron chi connectivity index (χ0n) is 19.8. The number of fused-ring (bicyclic) bond motifs is 1. The van der Waals surface area contributed by atoms with Crippen LogP contribution in [0.25, 0.3) is 16.9 Å². The van der Waals surface area contributed by atoms with Crippen LogP contribution in [-0.4, -0.2) is 22.6 Å². The van der Waals surface area contributed by atoms with Gasteiger partial charge in [0.15, 0.2) is 16.0 Å². The predicted molar refractivity (Wildman–Crippen MR) is 140 cm³/mol. The summed E-state index contributed by atoms with van der Waals surface area (Å²) in [6.07, 6.45) is 0.790. The van der Waals surface area contributed by atoms with Gasteiger partial charge in [-0.05, 0) is 59.2 Å². The van der Waals surface area contributed by atoms with Crippen LogP contribution in [0.4, 0.5) is 5.69 Å². The number of sulfone groups is 1. The Bertz CT molecular complexity index is 1810. The van der Waals surface area contributed by atoms with Crippen LogP contribution >= 0.6 is 0 Å². The Morgan fingerprint density at radius 3 is 2.16 bits per heavy atom. The maximum absolute atomic E-state index is 12.1. The molecule has 3 aromatic carbocycles. The van der Waals surface area contributed by atoms with E-state index in [0.29, 0.717) is 27.8 Å². The lowest BCUT2D eigenvalue weighted by Crippen LogP contribution is -2.43. The number of benzene rings is 3. The van der Waals surface area contributed by atoms with E-state index in [0.717, 1.165) is 11.1 Å². The van der Waals surface area contributed by atoms with Gasteiger partial charge in [-0.15, -0.1) is 0 Å². The Hall–Kier alpha value is -3.93. The van der Waals surface area contributed by atoms with Crippen LogP contribution in [-0.2, 0) is 19.9 Å². The van der Waals surface area contributed by atoms with Crippen LogP contribution in [0.2, 0.25) is 0 Å². The molecule has 1 aliphatic heterocycles. The van der Waals surface area contributed by atoms with E-state index in [1.807, 2.05) is 24.3 Å². The van der Waals surface area contributed by atoms with Crippen molar-refractivity contribution >= 4 is 31.4 Å². The molecule has 0 radical (unpaired) electrons. The molecule has 11 heteroatoms. The maximum atomic E-state index is 12.1. The zero-order valence-corrected chi connectivity index (χ0v) is 21.4. The van der Waals surface area contributed by atoms with Crippen molar-refractivity contribution in [3.8, 4) is 11.1 Å². The number of hydrogen-bond donors (Lipinski definition) is 2. The zero-order chi connectivity index (χ0) is 26.4. The van der Waals surface area contributed by atoms with Crippen LogP contribution < -0.4 is 26.5 Å². The molecule has 1 aromatic heterocycles. The van der Waals surface area contributed by atoms with Gasteiger partial charge in [0.25, 0.3) is 0 Å². The number of nitrogens with two attached hydrogens (primary N) is 2. The Labute approximate surface area is 214 Å². The largest absolute Gasteiger partial charge is 0.446 e. The van der Waals surface area contributed by atoms with Crippen molar-refractivity contribution in [2.24, 2.45) is 15.9 Å². The number of nitrogens with zero attached hydrogens (tertiary/aromatic N) is 2. The standard InChI is InChI=1S/C26H24N4O5S2/c1-2-36(31,32)21-12-8-18(9-13-21)17-6-10-20(11-7-17)30-24(27)23-14-15-35-26(23)29-25(30)19-4-3-5-22(16-19)37(28,33)34/h3-16,25H,2,27H2,1H3,(H2,28,33,34). The lowest BCUT2D eigenvalue weighted by atomic mass is 10.0. The van der Waals surface area contributed by atoms with Crippen LogP contribution in [0, 0.1) is 0 Å². The van der Waals surface area contributed by atoms with E-state index in [4.69, 9.17) is 20.3 Å². The van der Waals surface area contributed by atoms with Crippen LogP contribution in [0.15, 0.2) is 104 Å². The highest BCUT2D eigenvalue weighted by Gasteiger charge is 2.28. The summed E-state index contributed by atoms with van der Waals surface area (Å²) < 4.78 is 53.6.